The van der Waals surface area contributed by atoms with Crippen molar-refractivity contribution >= 4 is 11.0 Å². The van der Waals surface area contributed by atoms with Gasteiger partial charge in [0.2, 0.25) is 0 Å². The topological polar surface area (TPSA) is 25.8 Å². The van der Waals surface area contributed by atoms with Gasteiger partial charge in [-0.25, -0.2) is 9.97 Å². The molecule has 2 rings (SSSR count). The van der Waals surface area contributed by atoms with Crippen molar-refractivity contribution in [1.82, 2.24) is 9.97 Å². The molecule has 1 aromatic carbocycles. The maximum Gasteiger partial charge on any atom is 0.0892 e. The van der Waals surface area contributed by atoms with Crippen LogP contribution in [0.4, 0.5) is 0 Å². The van der Waals surface area contributed by atoms with Gasteiger partial charge in [0.1, 0.15) is 0 Å². The van der Waals surface area contributed by atoms with Gasteiger partial charge in [-0.1, -0.05) is 26.8 Å². The van der Waals surface area contributed by atoms with Gasteiger partial charge < -0.3 is 0 Å². The average Bonchev–Trinajstić information content (AvgIpc) is 2.33. The fourth-order valence-corrected chi connectivity index (χ4v) is 1.50. The van der Waals surface area contributed by atoms with Crippen LogP contribution < -0.4 is 0 Å². The third-order valence-electron chi connectivity index (χ3n) is 2.55. The summed E-state index contributed by atoms with van der Waals surface area (Å²) in [6, 6.07) is 6.29. The van der Waals surface area contributed by atoms with Gasteiger partial charge in [-0.2, -0.15) is 0 Å². The smallest absolute Gasteiger partial charge is 0.0892 e. The van der Waals surface area contributed by atoms with Gasteiger partial charge in [0.25, 0.3) is 0 Å². The van der Waals surface area contributed by atoms with Crippen LogP contribution in [0.3, 0.4) is 0 Å². The maximum atomic E-state index is 4.52. The molecule has 16 heavy (non-hydrogen) atoms. The van der Waals surface area contributed by atoms with Crippen molar-refractivity contribution < 1.29 is 0 Å². The summed E-state index contributed by atoms with van der Waals surface area (Å²) in [5.74, 6) is 0. The van der Waals surface area contributed by atoms with Gasteiger partial charge in [-0.05, 0) is 38.0 Å². The molecule has 2 aromatic rings. The van der Waals surface area contributed by atoms with Crippen molar-refractivity contribution in [1.29, 1.82) is 0 Å². The average molecular weight is 216 g/mol. The first-order valence-corrected chi connectivity index (χ1v) is 5.94. The Bertz CT molecular complexity index is 475. The minimum atomic E-state index is 0.991. The molecule has 0 aliphatic carbocycles. The first kappa shape index (κ1) is 12.6. The number of benzene rings is 1. The molecular weight excluding hydrogens is 196 g/mol. The summed E-state index contributed by atoms with van der Waals surface area (Å²) in [6.07, 6.45) is 1.05. The van der Waals surface area contributed by atoms with Gasteiger partial charge in [0.15, 0.2) is 0 Å². The van der Waals surface area contributed by atoms with E-state index in [0.717, 1.165) is 28.8 Å². The Morgan fingerprint density at radius 3 is 2.06 bits per heavy atom. The fraction of sp³-hybridized carbons (Fsp3) is 0.429. The minimum Gasteiger partial charge on any atom is -0.250 e. The van der Waals surface area contributed by atoms with Crippen molar-refractivity contribution in [2.24, 2.45) is 0 Å². The molecule has 2 nitrogen and oxygen atoms in total. The zero-order chi connectivity index (χ0) is 12.1. The van der Waals surface area contributed by atoms with Crippen LogP contribution in [0.25, 0.3) is 11.0 Å². The normalized spacial score (nSPS) is 9.81. The molecule has 0 N–H and O–H groups in total. The summed E-state index contributed by atoms with van der Waals surface area (Å²) in [7, 11) is 0. The third-order valence-corrected chi connectivity index (χ3v) is 2.55. The standard InChI is InChI=1S/C12H14N2.C2H6/c1-4-10-5-6-11-12(7-10)14-9(3)8(2)13-11;1-2/h5-7H,4H2,1-3H3;1-2H3. The largest absolute Gasteiger partial charge is 0.250 e. The van der Waals surface area contributed by atoms with Crippen LogP contribution in [0.5, 0.6) is 0 Å². The first-order valence-electron chi connectivity index (χ1n) is 5.94. The summed E-state index contributed by atoms with van der Waals surface area (Å²) in [6.45, 7) is 10.1. The van der Waals surface area contributed by atoms with Crippen LogP contribution in [0, 0.1) is 13.8 Å². The molecule has 0 fully saturated rings. The second kappa shape index (κ2) is 5.59. The highest BCUT2D eigenvalue weighted by atomic mass is 14.8. The van der Waals surface area contributed by atoms with Gasteiger partial charge in [0.05, 0.1) is 22.4 Å². The Hall–Kier alpha value is -1.44. The number of aromatic nitrogens is 2. The Kier molecular flexibility index (Phi) is 4.41. The lowest BCUT2D eigenvalue weighted by molar-refractivity contribution is 1.09. The fourth-order valence-electron chi connectivity index (χ4n) is 1.50. The molecule has 1 heterocycles. The second-order valence-electron chi connectivity index (χ2n) is 3.57. The lowest BCUT2D eigenvalue weighted by Gasteiger charge is -2.03. The molecule has 0 saturated heterocycles. The number of hydrogen-bond acceptors (Lipinski definition) is 2. The maximum absolute atomic E-state index is 4.52. The Morgan fingerprint density at radius 1 is 0.938 bits per heavy atom. The molecule has 0 amide bonds. The van der Waals surface area contributed by atoms with Gasteiger partial charge >= 0.3 is 0 Å². The van der Waals surface area contributed by atoms with Crippen LogP contribution in [-0.2, 0) is 6.42 Å². The second-order valence-corrected chi connectivity index (χ2v) is 3.57. The van der Waals surface area contributed by atoms with E-state index in [1.165, 1.54) is 5.56 Å². The zero-order valence-electron chi connectivity index (χ0n) is 10.8. The van der Waals surface area contributed by atoms with Crippen LogP contribution in [0.15, 0.2) is 18.2 Å². The molecule has 0 bridgehead atoms. The predicted octanol–water partition coefficient (Wildman–Crippen LogP) is 3.84. The quantitative estimate of drug-likeness (QED) is 0.724. The minimum absolute atomic E-state index is 0.991. The van der Waals surface area contributed by atoms with E-state index in [9.17, 15) is 0 Å². The summed E-state index contributed by atoms with van der Waals surface area (Å²) < 4.78 is 0. The van der Waals surface area contributed by atoms with Gasteiger partial charge in [-0.3, -0.25) is 0 Å². The molecule has 0 atom stereocenters. The third kappa shape index (κ3) is 2.57. The molecule has 1 aromatic heterocycles. The van der Waals surface area contributed by atoms with Crippen molar-refractivity contribution in [2.75, 3.05) is 0 Å². The Balaban J connectivity index is 0.000000606. The lowest BCUT2D eigenvalue weighted by Crippen LogP contribution is -1.93. The SMILES string of the molecule is CC.CCc1ccc2nc(C)c(C)nc2c1. The van der Waals surface area contributed by atoms with E-state index in [2.05, 4.69) is 29.0 Å². The van der Waals surface area contributed by atoms with Crippen molar-refractivity contribution in [2.45, 2.75) is 41.0 Å². The van der Waals surface area contributed by atoms with Crippen LogP contribution in [-0.4, -0.2) is 9.97 Å². The van der Waals surface area contributed by atoms with E-state index in [-0.39, 0.29) is 0 Å². The predicted molar refractivity (Wildman–Crippen MR) is 69.7 cm³/mol. The van der Waals surface area contributed by atoms with E-state index in [4.69, 9.17) is 0 Å². The molecule has 0 aliphatic rings. The molecule has 0 spiro atoms. The van der Waals surface area contributed by atoms with Gasteiger partial charge in [-0.15, -0.1) is 0 Å². The number of hydrogen-bond donors (Lipinski definition) is 0. The number of fused-ring (bicyclic) bond motifs is 1. The molecule has 2 heteroatoms. The Morgan fingerprint density at radius 2 is 1.50 bits per heavy atom. The highest BCUT2D eigenvalue weighted by molar-refractivity contribution is 5.75. The van der Waals surface area contributed by atoms with Crippen molar-refractivity contribution in [3.8, 4) is 0 Å². The molecular formula is C14H20N2. The number of aryl methyl sites for hydroxylation is 3. The molecule has 0 radical (unpaired) electrons. The molecule has 0 aliphatic heterocycles. The van der Waals surface area contributed by atoms with E-state index in [0.29, 0.717) is 0 Å². The van der Waals surface area contributed by atoms with Crippen molar-refractivity contribution in [3.63, 3.8) is 0 Å². The monoisotopic (exact) mass is 216 g/mol. The molecule has 0 unspecified atom stereocenters. The molecule has 86 valence electrons. The summed E-state index contributed by atoms with van der Waals surface area (Å²) in [5, 5.41) is 0. The van der Waals surface area contributed by atoms with Crippen LogP contribution >= 0.6 is 0 Å². The summed E-state index contributed by atoms with van der Waals surface area (Å²) in [4.78, 5) is 9.01. The van der Waals surface area contributed by atoms with Crippen LogP contribution in [0.2, 0.25) is 0 Å². The lowest BCUT2D eigenvalue weighted by atomic mass is 10.1. The Labute approximate surface area is 97.7 Å². The highest BCUT2D eigenvalue weighted by Gasteiger charge is 2.01. The van der Waals surface area contributed by atoms with Gasteiger partial charge in [0, 0.05) is 0 Å². The van der Waals surface area contributed by atoms with E-state index in [1.807, 2.05) is 33.8 Å². The van der Waals surface area contributed by atoms with E-state index in [1.54, 1.807) is 0 Å². The number of rotatable bonds is 1. The zero-order valence-corrected chi connectivity index (χ0v) is 10.8. The highest BCUT2D eigenvalue weighted by Crippen LogP contribution is 2.14. The summed E-state index contributed by atoms with van der Waals surface area (Å²) >= 11 is 0. The van der Waals surface area contributed by atoms with E-state index < -0.39 is 0 Å². The number of nitrogens with zero attached hydrogens (tertiary/aromatic N) is 2. The first-order chi connectivity index (χ1) is 7.70. The van der Waals surface area contributed by atoms with Crippen molar-refractivity contribution in [3.05, 3.63) is 35.2 Å². The molecule has 0 saturated carbocycles. The summed E-state index contributed by atoms with van der Waals surface area (Å²) in [5.41, 5.74) is 5.35. The van der Waals surface area contributed by atoms with Crippen LogP contribution in [0.1, 0.15) is 37.7 Å². The van der Waals surface area contributed by atoms with E-state index >= 15 is 0 Å².